The van der Waals surface area contributed by atoms with Crippen molar-refractivity contribution >= 4 is 23.5 Å². The van der Waals surface area contributed by atoms with Gasteiger partial charge in [0.2, 0.25) is 12.7 Å². The molecule has 8 nitrogen and oxygen atoms in total. The summed E-state index contributed by atoms with van der Waals surface area (Å²) >= 11 is 0. The number of nitrogens with one attached hydrogen (secondary N) is 2. The van der Waals surface area contributed by atoms with Gasteiger partial charge >= 0.3 is 6.03 Å². The van der Waals surface area contributed by atoms with Gasteiger partial charge in [-0.2, -0.15) is 0 Å². The summed E-state index contributed by atoms with van der Waals surface area (Å²) in [5, 5.41) is 5.36. The van der Waals surface area contributed by atoms with Crippen LogP contribution in [0.5, 0.6) is 11.5 Å². The van der Waals surface area contributed by atoms with Crippen LogP contribution in [0.25, 0.3) is 0 Å². The van der Waals surface area contributed by atoms with Crippen molar-refractivity contribution in [3.05, 3.63) is 53.6 Å². The molecule has 0 bridgehead atoms. The van der Waals surface area contributed by atoms with Crippen LogP contribution >= 0.6 is 0 Å². The molecule has 2 aliphatic rings. The summed E-state index contributed by atoms with van der Waals surface area (Å²) < 4.78 is 10.5. The second kappa shape index (κ2) is 6.56. The first kappa shape index (κ1) is 17.8. The molecule has 1 fully saturated rings. The van der Waals surface area contributed by atoms with E-state index in [4.69, 9.17) is 9.47 Å². The van der Waals surface area contributed by atoms with E-state index < -0.39 is 23.4 Å². The zero-order valence-corrected chi connectivity index (χ0v) is 15.4. The van der Waals surface area contributed by atoms with Crippen molar-refractivity contribution in [2.45, 2.75) is 19.4 Å². The number of aryl methyl sites for hydroxylation is 1. The lowest BCUT2D eigenvalue weighted by Crippen LogP contribution is -2.42. The molecule has 0 radical (unpaired) electrons. The number of urea groups is 1. The highest BCUT2D eigenvalue weighted by molar-refractivity contribution is 6.10. The molecule has 0 unspecified atom stereocenters. The van der Waals surface area contributed by atoms with Crippen molar-refractivity contribution in [3.63, 3.8) is 0 Å². The van der Waals surface area contributed by atoms with E-state index in [9.17, 15) is 14.4 Å². The van der Waals surface area contributed by atoms with E-state index in [1.165, 1.54) is 0 Å². The predicted molar refractivity (Wildman–Crippen MR) is 100.0 cm³/mol. The number of benzene rings is 2. The van der Waals surface area contributed by atoms with Crippen molar-refractivity contribution in [1.82, 2.24) is 10.2 Å². The van der Waals surface area contributed by atoms with Gasteiger partial charge in [0, 0.05) is 11.8 Å². The van der Waals surface area contributed by atoms with Crippen LogP contribution in [-0.2, 0) is 15.1 Å². The lowest BCUT2D eigenvalue weighted by molar-refractivity contribution is -0.133. The molecule has 2 aliphatic heterocycles. The number of hydrogen-bond acceptors (Lipinski definition) is 5. The van der Waals surface area contributed by atoms with Crippen molar-refractivity contribution in [3.8, 4) is 11.5 Å². The quantitative estimate of drug-likeness (QED) is 0.791. The Balaban J connectivity index is 1.47. The second-order valence-corrected chi connectivity index (χ2v) is 6.93. The second-order valence-electron chi connectivity index (χ2n) is 6.93. The maximum Gasteiger partial charge on any atom is 0.325 e. The van der Waals surface area contributed by atoms with Gasteiger partial charge in [-0.1, -0.05) is 29.8 Å². The van der Waals surface area contributed by atoms with Gasteiger partial charge in [-0.25, -0.2) is 4.79 Å². The Hall–Kier alpha value is -3.55. The Morgan fingerprint density at radius 1 is 1.14 bits per heavy atom. The summed E-state index contributed by atoms with van der Waals surface area (Å²) in [5.74, 6) is 0.165. The zero-order valence-electron chi connectivity index (χ0n) is 15.4. The fraction of sp³-hybridized carbons (Fsp3) is 0.250. The molecule has 0 aliphatic carbocycles. The van der Waals surface area contributed by atoms with Gasteiger partial charge in [-0.15, -0.1) is 0 Å². The third-order valence-corrected chi connectivity index (χ3v) is 4.86. The molecule has 2 aromatic carbocycles. The first-order chi connectivity index (χ1) is 13.4. The number of anilines is 1. The van der Waals surface area contributed by atoms with E-state index in [1.54, 1.807) is 37.3 Å². The lowest BCUT2D eigenvalue weighted by atomic mass is 9.91. The number of carbonyl (C=O) groups is 3. The van der Waals surface area contributed by atoms with E-state index in [2.05, 4.69) is 10.6 Å². The van der Waals surface area contributed by atoms with Crippen molar-refractivity contribution < 1.29 is 23.9 Å². The molecule has 2 aromatic rings. The summed E-state index contributed by atoms with van der Waals surface area (Å²) in [6, 6.07) is 11.7. The minimum atomic E-state index is -1.20. The van der Waals surface area contributed by atoms with E-state index in [1.807, 2.05) is 19.1 Å². The van der Waals surface area contributed by atoms with Gasteiger partial charge in [0.25, 0.3) is 5.91 Å². The summed E-state index contributed by atoms with van der Waals surface area (Å²) in [4.78, 5) is 38.6. The first-order valence-corrected chi connectivity index (χ1v) is 8.77. The number of imide groups is 1. The van der Waals surface area contributed by atoms with Gasteiger partial charge in [0.05, 0.1) is 0 Å². The third-order valence-electron chi connectivity index (χ3n) is 4.86. The number of fused-ring (bicyclic) bond motifs is 1. The smallest absolute Gasteiger partial charge is 0.325 e. The number of rotatable bonds is 4. The number of ether oxygens (including phenoxy) is 2. The molecule has 0 aromatic heterocycles. The molecule has 4 rings (SSSR count). The average molecular weight is 381 g/mol. The Kier molecular flexibility index (Phi) is 4.18. The first-order valence-electron chi connectivity index (χ1n) is 8.77. The SMILES string of the molecule is Cc1ccc([C@]2(C)NC(=O)N(CC(=O)Nc3ccc4c(c3)OCO4)C2=O)cc1. The molecule has 0 spiro atoms. The van der Waals surface area contributed by atoms with Crippen molar-refractivity contribution in [1.29, 1.82) is 0 Å². The van der Waals surface area contributed by atoms with Gasteiger partial charge in [-0.3, -0.25) is 14.5 Å². The van der Waals surface area contributed by atoms with E-state index >= 15 is 0 Å². The van der Waals surface area contributed by atoms with Crippen LogP contribution in [0.15, 0.2) is 42.5 Å². The van der Waals surface area contributed by atoms with E-state index in [0.717, 1.165) is 10.5 Å². The normalized spacial score (nSPS) is 20.3. The molecule has 2 N–H and O–H groups in total. The molecule has 4 amide bonds. The van der Waals surface area contributed by atoms with Gasteiger partial charge in [0.15, 0.2) is 11.5 Å². The molecular formula is C20H19N3O5. The summed E-state index contributed by atoms with van der Waals surface area (Å²) in [6.45, 7) is 3.31. The maximum absolute atomic E-state index is 12.9. The molecule has 28 heavy (non-hydrogen) atoms. The minimum Gasteiger partial charge on any atom is -0.454 e. The fourth-order valence-electron chi connectivity index (χ4n) is 3.24. The number of hydrogen-bond donors (Lipinski definition) is 2. The van der Waals surface area contributed by atoms with Crippen LogP contribution in [0.4, 0.5) is 10.5 Å². The number of nitrogens with zero attached hydrogens (tertiary/aromatic N) is 1. The van der Waals surface area contributed by atoms with Crippen molar-refractivity contribution in [2.24, 2.45) is 0 Å². The number of carbonyl (C=O) groups excluding carboxylic acids is 3. The highest BCUT2D eigenvalue weighted by Gasteiger charge is 2.49. The number of amides is 4. The highest BCUT2D eigenvalue weighted by atomic mass is 16.7. The van der Waals surface area contributed by atoms with Crippen LogP contribution in [0, 0.1) is 6.92 Å². The Morgan fingerprint density at radius 2 is 1.86 bits per heavy atom. The van der Waals surface area contributed by atoms with Crippen LogP contribution in [0.3, 0.4) is 0 Å². The summed E-state index contributed by atoms with van der Waals surface area (Å²) in [6.07, 6.45) is 0. The topological polar surface area (TPSA) is 97.0 Å². The Labute approximate surface area is 161 Å². The van der Waals surface area contributed by atoms with E-state index in [-0.39, 0.29) is 13.3 Å². The molecular weight excluding hydrogens is 362 g/mol. The fourth-order valence-corrected chi connectivity index (χ4v) is 3.24. The van der Waals surface area contributed by atoms with Crippen LogP contribution < -0.4 is 20.1 Å². The minimum absolute atomic E-state index is 0.132. The van der Waals surface area contributed by atoms with Gasteiger partial charge in [0.1, 0.15) is 12.1 Å². The molecule has 0 saturated carbocycles. The van der Waals surface area contributed by atoms with Crippen LogP contribution in [0.1, 0.15) is 18.1 Å². The zero-order chi connectivity index (χ0) is 19.9. The average Bonchev–Trinajstić information content (AvgIpc) is 3.21. The van der Waals surface area contributed by atoms with Crippen LogP contribution in [-0.4, -0.2) is 36.1 Å². The molecule has 144 valence electrons. The monoisotopic (exact) mass is 381 g/mol. The third kappa shape index (κ3) is 3.02. The molecule has 8 heteroatoms. The highest BCUT2D eigenvalue weighted by Crippen LogP contribution is 2.34. The van der Waals surface area contributed by atoms with E-state index in [0.29, 0.717) is 22.7 Å². The van der Waals surface area contributed by atoms with Crippen molar-refractivity contribution in [2.75, 3.05) is 18.7 Å². The molecule has 2 heterocycles. The Morgan fingerprint density at radius 3 is 2.61 bits per heavy atom. The van der Waals surface area contributed by atoms with Gasteiger partial charge < -0.3 is 20.1 Å². The lowest BCUT2D eigenvalue weighted by Gasteiger charge is -2.22. The largest absolute Gasteiger partial charge is 0.454 e. The maximum atomic E-state index is 12.9. The molecule has 1 atom stereocenters. The summed E-state index contributed by atoms with van der Waals surface area (Å²) in [7, 11) is 0. The van der Waals surface area contributed by atoms with Gasteiger partial charge in [-0.05, 0) is 31.5 Å². The predicted octanol–water partition coefficient (Wildman–Crippen LogP) is 2.13. The molecule has 1 saturated heterocycles. The van der Waals surface area contributed by atoms with Crippen LogP contribution in [0.2, 0.25) is 0 Å². The summed E-state index contributed by atoms with van der Waals surface area (Å²) in [5.41, 5.74) is 0.992. The Bertz CT molecular complexity index is 972. The standard InChI is InChI=1S/C20H19N3O5/c1-12-3-5-13(6-4-12)20(2)18(25)23(19(26)22-20)10-17(24)21-14-7-8-15-16(9-14)28-11-27-15/h3-9H,10-11H2,1-2H3,(H,21,24)(H,22,26)/t20-/m0/s1.